The number of hydrogen-bond donors (Lipinski definition) is 1. The second-order valence-electron chi connectivity index (χ2n) is 5.52. The molecule has 0 aliphatic rings. The largest absolute Gasteiger partial charge is 0.416 e. The average Bonchev–Trinajstić information content (AvgIpc) is 3.04. The quantitative estimate of drug-likeness (QED) is 0.732. The standard InChI is InChI=1S/C18H13F3N4O/c1-3-7-22-17(26)14-9-23-16-15(10-24-25(16)11(14)2)12-5-4-6-13(8-12)18(19,20)21/h1,4-6,8-10H,7H2,2H3,(H,22,26). The first kappa shape index (κ1) is 17.5. The SMILES string of the molecule is C#CCNC(=O)c1cnc2c(-c3cccc(C(F)(F)F)c3)cnn2c1C. The van der Waals surface area contributed by atoms with Crippen LogP contribution in [0.1, 0.15) is 21.6 Å². The molecule has 0 spiro atoms. The van der Waals surface area contributed by atoms with Crippen LogP contribution in [-0.2, 0) is 6.18 Å². The topological polar surface area (TPSA) is 59.3 Å². The predicted molar refractivity (Wildman–Crippen MR) is 89.3 cm³/mol. The molecule has 1 N–H and O–H groups in total. The van der Waals surface area contributed by atoms with Crippen molar-refractivity contribution in [2.24, 2.45) is 0 Å². The van der Waals surface area contributed by atoms with E-state index in [1.54, 1.807) is 13.0 Å². The third-order valence-electron chi connectivity index (χ3n) is 3.86. The third kappa shape index (κ3) is 3.11. The van der Waals surface area contributed by atoms with Crippen LogP contribution in [0.5, 0.6) is 0 Å². The van der Waals surface area contributed by atoms with E-state index < -0.39 is 17.6 Å². The number of carbonyl (C=O) groups is 1. The van der Waals surface area contributed by atoms with Crippen molar-refractivity contribution >= 4 is 11.6 Å². The summed E-state index contributed by atoms with van der Waals surface area (Å²) in [4.78, 5) is 16.3. The summed E-state index contributed by atoms with van der Waals surface area (Å²) < 4.78 is 40.2. The minimum Gasteiger partial charge on any atom is -0.341 e. The van der Waals surface area contributed by atoms with E-state index in [4.69, 9.17) is 6.42 Å². The molecule has 2 aromatic heterocycles. The highest BCUT2D eigenvalue weighted by atomic mass is 19.4. The number of aromatic nitrogens is 3. The Hall–Kier alpha value is -3.34. The van der Waals surface area contributed by atoms with Crippen LogP contribution >= 0.6 is 0 Å². The fourth-order valence-corrected chi connectivity index (χ4v) is 2.56. The summed E-state index contributed by atoms with van der Waals surface area (Å²) in [5.41, 5.74) is 1.17. The number of carbonyl (C=O) groups excluding carboxylic acids is 1. The zero-order chi connectivity index (χ0) is 18.9. The van der Waals surface area contributed by atoms with Crippen molar-refractivity contribution < 1.29 is 18.0 Å². The highest BCUT2D eigenvalue weighted by Gasteiger charge is 2.30. The van der Waals surface area contributed by atoms with Gasteiger partial charge in [0.25, 0.3) is 5.91 Å². The number of rotatable bonds is 3. The number of hydrogen-bond acceptors (Lipinski definition) is 3. The van der Waals surface area contributed by atoms with Gasteiger partial charge in [-0.15, -0.1) is 6.42 Å². The molecular formula is C18H13F3N4O. The van der Waals surface area contributed by atoms with E-state index in [0.717, 1.165) is 12.1 Å². The van der Waals surface area contributed by atoms with Crippen molar-refractivity contribution in [3.8, 4) is 23.5 Å². The molecule has 0 aliphatic heterocycles. The predicted octanol–water partition coefficient (Wildman–Crippen LogP) is 3.09. The summed E-state index contributed by atoms with van der Waals surface area (Å²) >= 11 is 0. The van der Waals surface area contributed by atoms with E-state index in [9.17, 15) is 18.0 Å². The van der Waals surface area contributed by atoms with Gasteiger partial charge in [-0.1, -0.05) is 18.1 Å². The van der Waals surface area contributed by atoms with Gasteiger partial charge in [0.1, 0.15) is 0 Å². The van der Waals surface area contributed by atoms with E-state index in [1.165, 1.54) is 23.0 Å². The highest BCUT2D eigenvalue weighted by Crippen LogP contribution is 2.33. The number of nitrogens with one attached hydrogen (secondary N) is 1. The normalized spacial score (nSPS) is 11.3. The van der Waals surface area contributed by atoms with Gasteiger partial charge < -0.3 is 5.32 Å². The summed E-state index contributed by atoms with van der Waals surface area (Å²) in [5.74, 6) is 1.90. The smallest absolute Gasteiger partial charge is 0.341 e. The van der Waals surface area contributed by atoms with Crippen LogP contribution in [-0.4, -0.2) is 27.0 Å². The van der Waals surface area contributed by atoms with Crippen LogP contribution in [0.3, 0.4) is 0 Å². The van der Waals surface area contributed by atoms with Crippen molar-refractivity contribution in [2.45, 2.75) is 13.1 Å². The minimum absolute atomic E-state index is 0.0743. The maximum atomic E-state index is 12.9. The number of halogens is 3. The van der Waals surface area contributed by atoms with Crippen LogP contribution in [0.4, 0.5) is 13.2 Å². The Morgan fingerprint density at radius 3 is 2.81 bits per heavy atom. The molecule has 3 rings (SSSR count). The summed E-state index contributed by atoms with van der Waals surface area (Å²) in [6.07, 6.45) is 3.46. The van der Waals surface area contributed by atoms with Gasteiger partial charge >= 0.3 is 6.18 Å². The molecule has 0 fully saturated rings. The monoisotopic (exact) mass is 358 g/mol. The number of alkyl halides is 3. The van der Waals surface area contributed by atoms with Crippen molar-refractivity contribution in [1.82, 2.24) is 19.9 Å². The van der Waals surface area contributed by atoms with Crippen molar-refractivity contribution in [1.29, 1.82) is 0 Å². The van der Waals surface area contributed by atoms with Crippen LogP contribution < -0.4 is 5.32 Å². The molecule has 2 heterocycles. The molecule has 0 aliphatic carbocycles. The molecule has 3 aromatic rings. The molecule has 5 nitrogen and oxygen atoms in total. The van der Waals surface area contributed by atoms with Crippen molar-refractivity contribution in [3.63, 3.8) is 0 Å². The van der Waals surface area contributed by atoms with Gasteiger partial charge in [0.2, 0.25) is 0 Å². The molecule has 132 valence electrons. The lowest BCUT2D eigenvalue weighted by Gasteiger charge is -2.09. The van der Waals surface area contributed by atoms with Gasteiger partial charge in [-0.2, -0.15) is 18.3 Å². The summed E-state index contributed by atoms with van der Waals surface area (Å²) in [6, 6.07) is 4.93. The zero-order valence-electron chi connectivity index (χ0n) is 13.6. The number of fused-ring (bicyclic) bond motifs is 1. The molecule has 1 amide bonds. The Labute approximate surface area is 146 Å². The Morgan fingerprint density at radius 2 is 2.12 bits per heavy atom. The zero-order valence-corrected chi connectivity index (χ0v) is 13.6. The maximum Gasteiger partial charge on any atom is 0.416 e. The van der Waals surface area contributed by atoms with Gasteiger partial charge in [0.05, 0.1) is 29.6 Å². The van der Waals surface area contributed by atoms with Gasteiger partial charge in [-0.3, -0.25) is 4.79 Å². The molecule has 0 unspecified atom stereocenters. The first-order valence-electron chi connectivity index (χ1n) is 7.55. The van der Waals surface area contributed by atoms with Gasteiger partial charge in [-0.05, 0) is 24.6 Å². The second kappa shape index (κ2) is 6.52. The number of nitrogens with zero attached hydrogens (tertiary/aromatic N) is 3. The summed E-state index contributed by atoms with van der Waals surface area (Å²) in [5, 5.41) is 6.70. The fraction of sp³-hybridized carbons (Fsp3) is 0.167. The number of amides is 1. The summed E-state index contributed by atoms with van der Waals surface area (Å²) in [7, 11) is 0. The van der Waals surface area contributed by atoms with E-state index in [-0.39, 0.29) is 12.1 Å². The van der Waals surface area contributed by atoms with Crippen molar-refractivity contribution in [3.05, 3.63) is 53.5 Å². The van der Waals surface area contributed by atoms with Gasteiger partial charge in [0.15, 0.2) is 5.65 Å². The summed E-state index contributed by atoms with van der Waals surface area (Å²) in [6.45, 7) is 1.74. The van der Waals surface area contributed by atoms with E-state index in [1.807, 2.05) is 0 Å². The average molecular weight is 358 g/mol. The van der Waals surface area contributed by atoms with Crippen LogP contribution in [0.2, 0.25) is 0 Å². The van der Waals surface area contributed by atoms with E-state index in [2.05, 4.69) is 21.3 Å². The number of aryl methyl sites for hydroxylation is 1. The first-order chi connectivity index (χ1) is 12.3. The Morgan fingerprint density at radius 1 is 1.35 bits per heavy atom. The lowest BCUT2D eigenvalue weighted by atomic mass is 10.1. The Bertz CT molecular complexity index is 1030. The number of benzene rings is 1. The lowest BCUT2D eigenvalue weighted by Crippen LogP contribution is -2.25. The first-order valence-corrected chi connectivity index (χ1v) is 7.55. The van der Waals surface area contributed by atoms with E-state index >= 15 is 0 Å². The molecule has 0 atom stereocenters. The van der Waals surface area contributed by atoms with E-state index in [0.29, 0.717) is 22.5 Å². The fourth-order valence-electron chi connectivity index (χ4n) is 2.56. The third-order valence-corrected chi connectivity index (χ3v) is 3.86. The highest BCUT2D eigenvalue weighted by molar-refractivity contribution is 5.95. The second-order valence-corrected chi connectivity index (χ2v) is 5.52. The molecule has 0 saturated heterocycles. The molecule has 0 radical (unpaired) electrons. The van der Waals surface area contributed by atoms with Crippen LogP contribution in [0, 0.1) is 19.3 Å². The molecule has 8 heteroatoms. The van der Waals surface area contributed by atoms with Gasteiger partial charge in [-0.25, -0.2) is 9.50 Å². The van der Waals surface area contributed by atoms with Crippen molar-refractivity contribution in [2.75, 3.05) is 6.54 Å². The molecule has 0 bridgehead atoms. The number of terminal acetylenes is 1. The Kier molecular flexibility index (Phi) is 4.38. The maximum absolute atomic E-state index is 12.9. The molecule has 0 saturated carbocycles. The minimum atomic E-state index is -4.44. The molecule has 26 heavy (non-hydrogen) atoms. The van der Waals surface area contributed by atoms with Gasteiger partial charge in [0, 0.05) is 11.8 Å². The van der Waals surface area contributed by atoms with Crippen LogP contribution in [0.25, 0.3) is 16.8 Å². The molecular weight excluding hydrogens is 345 g/mol. The Balaban J connectivity index is 2.07. The molecule has 1 aromatic carbocycles. The van der Waals surface area contributed by atoms with Crippen LogP contribution in [0.15, 0.2) is 36.7 Å². The lowest BCUT2D eigenvalue weighted by molar-refractivity contribution is -0.137.